The van der Waals surface area contributed by atoms with Crippen LogP contribution in [-0.2, 0) is 11.8 Å². The second-order valence-corrected chi connectivity index (χ2v) is 4.55. The van der Waals surface area contributed by atoms with Gasteiger partial charge >= 0.3 is 5.97 Å². The van der Waals surface area contributed by atoms with E-state index in [1.54, 1.807) is 23.0 Å². The molecular weight excluding hydrogens is 256 g/mol. The SMILES string of the molecule is COC(=O)c1cccc2[nH]c(-c3cnn(C)c3C)nc12. The summed E-state index contributed by atoms with van der Waals surface area (Å²) < 4.78 is 6.56. The molecule has 0 radical (unpaired) electrons. The van der Waals surface area contributed by atoms with Crippen molar-refractivity contribution < 1.29 is 9.53 Å². The van der Waals surface area contributed by atoms with E-state index in [0.717, 1.165) is 16.8 Å². The Morgan fingerprint density at radius 1 is 1.40 bits per heavy atom. The van der Waals surface area contributed by atoms with Crippen molar-refractivity contribution in [1.82, 2.24) is 19.7 Å². The van der Waals surface area contributed by atoms with Gasteiger partial charge in [0.1, 0.15) is 11.3 Å². The van der Waals surface area contributed by atoms with Gasteiger partial charge < -0.3 is 9.72 Å². The zero-order valence-electron chi connectivity index (χ0n) is 11.5. The average Bonchev–Trinajstić information content (AvgIpc) is 3.02. The number of ether oxygens (including phenoxy) is 1. The van der Waals surface area contributed by atoms with Gasteiger partial charge in [0.25, 0.3) is 0 Å². The van der Waals surface area contributed by atoms with Crippen molar-refractivity contribution in [2.75, 3.05) is 7.11 Å². The third-order valence-electron chi connectivity index (χ3n) is 3.41. The molecule has 1 N–H and O–H groups in total. The first kappa shape index (κ1) is 12.4. The van der Waals surface area contributed by atoms with Gasteiger partial charge in [0, 0.05) is 12.7 Å². The fourth-order valence-corrected chi connectivity index (χ4v) is 2.17. The number of methoxy groups -OCH3 is 1. The molecular formula is C14H14N4O2. The lowest BCUT2D eigenvalue weighted by molar-refractivity contribution is 0.0603. The summed E-state index contributed by atoms with van der Waals surface area (Å²) in [6.07, 6.45) is 1.75. The molecule has 0 aliphatic rings. The van der Waals surface area contributed by atoms with Gasteiger partial charge in [0.05, 0.1) is 30.0 Å². The van der Waals surface area contributed by atoms with Crippen LogP contribution in [0.15, 0.2) is 24.4 Å². The number of fused-ring (bicyclic) bond motifs is 1. The molecule has 0 unspecified atom stereocenters. The number of hydrogen-bond donors (Lipinski definition) is 1. The third-order valence-corrected chi connectivity index (χ3v) is 3.41. The number of carbonyl (C=O) groups is 1. The third kappa shape index (κ3) is 1.77. The van der Waals surface area contributed by atoms with Crippen molar-refractivity contribution in [2.24, 2.45) is 7.05 Å². The monoisotopic (exact) mass is 270 g/mol. The van der Waals surface area contributed by atoms with Crippen molar-refractivity contribution in [3.05, 3.63) is 35.7 Å². The number of nitrogens with one attached hydrogen (secondary N) is 1. The molecule has 0 saturated heterocycles. The molecule has 0 atom stereocenters. The predicted molar refractivity (Wildman–Crippen MR) is 74.4 cm³/mol. The Morgan fingerprint density at radius 2 is 2.20 bits per heavy atom. The number of aromatic amines is 1. The molecule has 0 bridgehead atoms. The minimum atomic E-state index is -0.392. The van der Waals surface area contributed by atoms with Crippen LogP contribution >= 0.6 is 0 Å². The van der Waals surface area contributed by atoms with E-state index >= 15 is 0 Å². The summed E-state index contributed by atoms with van der Waals surface area (Å²) in [5, 5.41) is 4.20. The van der Waals surface area contributed by atoms with E-state index < -0.39 is 5.97 Å². The fourth-order valence-electron chi connectivity index (χ4n) is 2.17. The Balaban J connectivity index is 2.21. The predicted octanol–water partition coefficient (Wildman–Crippen LogP) is 2.06. The highest BCUT2D eigenvalue weighted by molar-refractivity contribution is 6.02. The van der Waals surface area contributed by atoms with Crippen molar-refractivity contribution in [1.29, 1.82) is 0 Å². The van der Waals surface area contributed by atoms with Gasteiger partial charge in [-0.15, -0.1) is 0 Å². The van der Waals surface area contributed by atoms with Crippen LogP contribution < -0.4 is 0 Å². The van der Waals surface area contributed by atoms with Gasteiger partial charge in [0.15, 0.2) is 0 Å². The molecule has 0 spiro atoms. The molecule has 2 heterocycles. The number of nitrogens with zero attached hydrogens (tertiary/aromatic N) is 3. The van der Waals surface area contributed by atoms with E-state index in [9.17, 15) is 4.79 Å². The van der Waals surface area contributed by atoms with Crippen molar-refractivity contribution in [3.8, 4) is 11.4 Å². The van der Waals surface area contributed by atoms with E-state index in [-0.39, 0.29) is 0 Å². The van der Waals surface area contributed by atoms with Gasteiger partial charge in [-0.05, 0) is 19.1 Å². The lowest BCUT2D eigenvalue weighted by atomic mass is 10.2. The summed E-state index contributed by atoms with van der Waals surface area (Å²) in [5.74, 6) is 0.304. The van der Waals surface area contributed by atoms with E-state index in [4.69, 9.17) is 4.74 Å². The topological polar surface area (TPSA) is 72.8 Å². The van der Waals surface area contributed by atoms with E-state index in [2.05, 4.69) is 15.1 Å². The maximum Gasteiger partial charge on any atom is 0.340 e. The molecule has 0 amide bonds. The minimum absolute atomic E-state index is 0.392. The van der Waals surface area contributed by atoms with Crippen molar-refractivity contribution >= 4 is 17.0 Å². The van der Waals surface area contributed by atoms with Gasteiger partial charge in [-0.3, -0.25) is 4.68 Å². The van der Waals surface area contributed by atoms with Gasteiger partial charge in [-0.1, -0.05) is 6.07 Å². The molecule has 0 aliphatic carbocycles. The molecule has 6 nitrogen and oxygen atoms in total. The number of aromatic nitrogens is 4. The molecule has 102 valence electrons. The number of imidazole rings is 1. The number of H-pyrrole nitrogens is 1. The lowest BCUT2D eigenvalue weighted by Crippen LogP contribution is -2.01. The summed E-state index contributed by atoms with van der Waals surface area (Å²) >= 11 is 0. The summed E-state index contributed by atoms with van der Waals surface area (Å²) in [7, 11) is 3.24. The van der Waals surface area contributed by atoms with Gasteiger partial charge in [0.2, 0.25) is 0 Å². The number of rotatable bonds is 2. The fraction of sp³-hybridized carbons (Fsp3) is 0.214. The Hall–Kier alpha value is -2.63. The first-order chi connectivity index (χ1) is 9.61. The number of aryl methyl sites for hydroxylation is 1. The highest BCUT2D eigenvalue weighted by Gasteiger charge is 2.16. The number of benzene rings is 1. The average molecular weight is 270 g/mol. The Morgan fingerprint density at radius 3 is 2.85 bits per heavy atom. The van der Waals surface area contributed by atoms with E-state index in [0.29, 0.717) is 16.9 Å². The molecule has 2 aromatic heterocycles. The maximum atomic E-state index is 11.8. The minimum Gasteiger partial charge on any atom is -0.465 e. The number of esters is 1. The Kier molecular flexibility index (Phi) is 2.78. The summed E-state index contributed by atoms with van der Waals surface area (Å²) in [4.78, 5) is 19.5. The molecule has 0 aliphatic heterocycles. The number of carbonyl (C=O) groups excluding carboxylic acids is 1. The first-order valence-corrected chi connectivity index (χ1v) is 6.18. The summed E-state index contributed by atoms with van der Waals surface area (Å²) in [5.41, 5.74) is 3.78. The molecule has 0 saturated carbocycles. The van der Waals surface area contributed by atoms with Crippen LogP contribution in [0.5, 0.6) is 0 Å². The summed E-state index contributed by atoms with van der Waals surface area (Å²) in [6.45, 7) is 1.97. The first-order valence-electron chi connectivity index (χ1n) is 6.18. The summed E-state index contributed by atoms with van der Waals surface area (Å²) in [6, 6.07) is 5.38. The van der Waals surface area contributed by atoms with E-state index in [1.807, 2.05) is 20.0 Å². The number of para-hydroxylation sites is 1. The van der Waals surface area contributed by atoms with Crippen LogP contribution in [0.4, 0.5) is 0 Å². The molecule has 3 rings (SSSR count). The second-order valence-electron chi connectivity index (χ2n) is 4.55. The van der Waals surface area contributed by atoms with Crippen LogP contribution in [-0.4, -0.2) is 32.8 Å². The van der Waals surface area contributed by atoms with Gasteiger partial charge in [-0.2, -0.15) is 5.10 Å². The Bertz CT molecular complexity index is 801. The van der Waals surface area contributed by atoms with Crippen LogP contribution in [0, 0.1) is 6.92 Å². The zero-order valence-corrected chi connectivity index (χ0v) is 11.5. The van der Waals surface area contributed by atoms with E-state index in [1.165, 1.54) is 7.11 Å². The largest absolute Gasteiger partial charge is 0.465 e. The highest BCUT2D eigenvalue weighted by Crippen LogP contribution is 2.25. The quantitative estimate of drug-likeness (QED) is 0.723. The highest BCUT2D eigenvalue weighted by atomic mass is 16.5. The van der Waals surface area contributed by atoms with Crippen molar-refractivity contribution in [3.63, 3.8) is 0 Å². The van der Waals surface area contributed by atoms with Crippen LogP contribution in [0.2, 0.25) is 0 Å². The lowest BCUT2D eigenvalue weighted by Gasteiger charge is -1.98. The molecule has 3 aromatic rings. The van der Waals surface area contributed by atoms with Crippen LogP contribution in [0.3, 0.4) is 0 Å². The second kappa shape index (κ2) is 4.48. The zero-order chi connectivity index (χ0) is 14.3. The molecule has 0 fully saturated rings. The molecule has 1 aromatic carbocycles. The van der Waals surface area contributed by atoms with Crippen LogP contribution in [0.25, 0.3) is 22.4 Å². The normalized spacial score (nSPS) is 10.9. The van der Waals surface area contributed by atoms with Gasteiger partial charge in [-0.25, -0.2) is 9.78 Å². The smallest absolute Gasteiger partial charge is 0.340 e. The maximum absolute atomic E-state index is 11.8. The standard InChI is InChI=1S/C14H14N4O2/c1-8-10(7-15-18(8)2)13-16-11-6-4-5-9(12(11)17-13)14(19)20-3/h4-7H,1-3H3,(H,16,17). The Labute approximate surface area is 115 Å². The molecule has 20 heavy (non-hydrogen) atoms. The van der Waals surface area contributed by atoms with Crippen molar-refractivity contribution in [2.45, 2.75) is 6.92 Å². The van der Waals surface area contributed by atoms with Crippen LogP contribution in [0.1, 0.15) is 16.1 Å². The number of hydrogen-bond acceptors (Lipinski definition) is 4. The molecule has 6 heteroatoms.